The summed E-state index contributed by atoms with van der Waals surface area (Å²) in [4.78, 5) is 138. The Bertz CT molecular complexity index is 7160. The van der Waals surface area contributed by atoms with Crippen LogP contribution in [-0.4, -0.2) is 139 Å². The van der Waals surface area contributed by atoms with Gasteiger partial charge in [-0.3, -0.25) is 58.4 Å². The zero-order valence-electron chi connectivity index (χ0n) is 66.9. The maximum atomic E-state index is 12.9. The number of hydrogen-bond acceptors (Lipinski definition) is 23. The van der Waals surface area contributed by atoms with Crippen molar-refractivity contribution < 1.29 is 67.6 Å². The van der Waals surface area contributed by atoms with Gasteiger partial charge in [0, 0.05) is 108 Å². The summed E-state index contributed by atoms with van der Waals surface area (Å²) in [5, 5.41) is 52.6. The van der Waals surface area contributed by atoms with Gasteiger partial charge in [0.1, 0.15) is 56.2 Å². The molecule has 0 saturated carbocycles. The molecule has 16 rings (SSSR count). The topological polar surface area (TPSA) is 438 Å². The molecule has 16 aromatic rings. The fraction of sp³-hybridized carbons (Fsp3) is 0.154. The van der Waals surface area contributed by atoms with E-state index in [1.165, 1.54) is 88.9 Å². The number of carbonyl (C=O) groups is 5. The number of aliphatic hydroxyl groups is 3. The van der Waals surface area contributed by atoms with E-state index >= 15 is 0 Å². The standard InChI is InChI=1S/C20H16N4O4.C20H19NO4.C19H17ClN2O5S.C19H13ClN2O3S.C13H14N2O3/c25-10-18(26)13-1-6-16-17(9-13)22-19(23-20(16)27)11-28-15-4-2-14(3-5-15)24-8-7-21-12-24;1-14-2-6-17(7-3-14)25-11-10-21-9-8-15-4-5-16(19(23)13-22)12-18(15)20(21)24;20-15-4-6-16(7-5-15)28(26,27)11-1-9-22-10-8-13-2-3-14(18(23)21-25)12-17(13)19(22)24;20-14-3-4-17-15(8-14)13(10-26-17)9-22-6-5-11-1-2-12(18(23)21-25)7-16(11)19(22)24;1-7(2)12-14-10-5-8(11(17)6-16)3-4-9(10)13(18)15-12/h1-9,12,25H,10-11H2,(H,22,23,27);2-9,12,22H,10-11,13H2,1H3;2-8,10,12,25H,1,9,11H2,(H,21,23);1-8,10,25H,9H2,(H,21,23);3-5,7,16H,6H2,1-2H3,(H,14,15,18). The van der Waals surface area contributed by atoms with Crippen LogP contribution in [0.15, 0.2) is 272 Å². The average Bonchev–Trinajstić information content (AvgIpc) is 1.75. The fourth-order valence-electron chi connectivity index (χ4n) is 12.9. The summed E-state index contributed by atoms with van der Waals surface area (Å²) in [6.07, 6.45) is 10.5. The molecule has 0 aliphatic carbocycles. The van der Waals surface area contributed by atoms with Crippen LogP contribution in [0.2, 0.25) is 10.0 Å². The molecule has 7 aromatic heterocycles. The maximum absolute atomic E-state index is 12.9. The Morgan fingerprint density at radius 3 is 1.54 bits per heavy atom. The molecule has 0 aliphatic rings. The molecule has 0 saturated heterocycles. The lowest BCUT2D eigenvalue weighted by Crippen LogP contribution is -2.23. The smallest absolute Gasteiger partial charge is 0.274 e. The number of ether oxygens (including phenoxy) is 2. The van der Waals surface area contributed by atoms with Crippen LogP contribution in [0.3, 0.4) is 0 Å². The van der Waals surface area contributed by atoms with E-state index in [-0.39, 0.29) is 80.8 Å². The average molecular weight is 1770 g/mol. The van der Waals surface area contributed by atoms with E-state index in [9.17, 15) is 56.4 Å². The first kappa shape index (κ1) is 90.2. The quantitative estimate of drug-likeness (QED) is 0.0154. The van der Waals surface area contributed by atoms with Crippen molar-refractivity contribution >= 4 is 138 Å². The molecule has 2 amide bonds. The molecule has 9 N–H and O–H groups in total. The number of aryl methyl sites for hydroxylation is 2. The van der Waals surface area contributed by atoms with E-state index in [1.54, 1.807) is 99.5 Å². The van der Waals surface area contributed by atoms with Crippen LogP contribution in [0.25, 0.3) is 69.9 Å². The molecular weight excluding hydrogens is 1690 g/mol. The number of hydroxylamine groups is 2. The first-order chi connectivity index (χ1) is 60.1. The van der Waals surface area contributed by atoms with E-state index < -0.39 is 53.0 Å². The second-order valence-corrected chi connectivity index (χ2v) is 32.3. The van der Waals surface area contributed by atoms with Crippen LogP contribution < -0.4 is 48.2 Å². The van der Waals surface area contributed by atoms with E-state index in [0.717, 1.165) is 43.4 Å². The third-order valence-corrected chi connectivity index (χ3v) is 23.0. The number of halogens is 2. The summed E-state index contributed by atoms with van der Waals surface area (Å²) in [7, 11) is -3.48. The number of nitrogens with one attached hydrogen (secondary N) is 4. The van der Waals surface area contributed by atoms with Gasteiger partial charge < -0.3 is 53.0 Å². The van der Waals surface area contributed by atoms with Gasteiger partial charge in [0.15, 0.2) is 27.2 Å². The number of fused-ring (bicyclic) bond motifs is 6. The largest absolute Gasteiger partial charge is 0.492 e. The van der Waals surface area contributed by atoms with Gasteiger partial charge in [-0.2, -0.15) is 0 Å². The first-order valence-electron chi connectivity index (χ1n) is 38.5. The molecule has 7 heterocycles. The Morgan fingerprint density at radius 2 is 1.00 bits per heavy atom. The molecule has 0 atom stereocenters. The van der Waals surface area contributed by atoms with Crippen LogP contribution >= 0.6 is 34.5 Å². The van der Waals surface area contributed by atoms with Gasteiger partial charge in [-0.1, -0.05) is 91.1 Å². The molecule has 638 valence electrons. The summed E-state index contributed by atoms with van der Waals surface area (Å²) in [6.45, 7) is 5.58. The predicted molar refractivity (Wildman–Crippen MR) is 475 cm³/mol. The minimum Gasteiger partial charge on any atom is -0.492 e. The highest BCUT2D eigenvalue weighted by atomic mass is 35.5. The maximum Gasteiger partial charge on any atom is 0.274 e. The Labute approximate surface area is 723 Å². The second-order valence-electron chi connectivity index (χ2n) is 28.4. The van der Waals surface area contributed by atoms with E-state index in [4.69, 9.17) is 58.4 Å². The first-order valence-corrected chi connectivity index (χ1v) is 41.7. The van der Waals surface area contributed by atoms with Gasteiger partial charge in [0.2, 0.25) is 0 Å². The van der Waals surface area contributed by atoms with Crippen molar-refractivity contribution in [1.29, 1.82) is 0 Å². The van der Waals surface area contributed by atoms with Gasteiger partial charge in [-0.25, -0.2) is 34.3 Å². The Morgan fingerprint density at radius 1 is 0.512 bits per heavy atom. The van der Waals surface area contributed by atoms with Gasteiger partial charge >= 0.3 is 0 Å². The summed E-state index contributed by atoms with van der Waals surface area (Å²) < 4.78 is 43.7. The molecule has 0 fully saturated rings. The molecule has 0 unspecified atom stereocenters. The van der Waals surface area contributed by atoms with Crippen molar-refractivity contribution in [2.45, 2.75) is 64.2 Å². The van der Waals surface area contributed by atoms with Crippen molar-refractivity contribution in [3.05, 3.63) is 355 Å². The molecular formula is C91H79Cl2N11O19S2. The molecule has 0 spiro atoms. The van der Waals surface area contributed by atoms with Crippen LogP contribution in [-0.2, 0) is 36.1 Å². The van der Waals surface area contributed by atoms with E-state index in [2.05, 4.69) is 24.9 Å². The minimum atomic E-state index is -3.48. The summed E-state index contributed by atoms with van der Waals surface area (Å²) in [5.74, 6) is -0.307. The van der Waals surface area contributed by atoms with Gasteiger partial charge in [0.05, 0.1) is 51.9 Å². The molecule has 9 aromatic carbocycles. The number of sulfone groups is 1. The summed E-state index contributed by atoms with van der Waals surface area (Å²) in [5.41, 5.74) is 7.19. The minimum absolute atomic E-state index is 0.0633. The highest BCUT2D eigenvalue weighted by Gasteiger charge is 2.19. The lowest BCUT2D eigenvalue weighted by atomic mass is 10.1. The number of Topliss-reactive ketones (excluding diaryl/α,β-unsaturated/α-hetero) is 3. The number of pyridine rings is 3. The van der Waals surface area contributed by atoms with E-state index in [1.807, 2.05) is 116 Å². The van der Waals surface area contributed by atoms with Crippen LogP contribution in [0.5, 0.6) is 11.5 Å². The third kappa shape index (κ3) is 22.4. The van der Waals surface area contributed by atoms with E-state index in [0.29, 0.717) is 107 Å². The number of rotatable bonds is 24. The molecule has 30 nitrogen and oxygen atoms in total. The number of benzene rings is 9. The summed E-state index contributed by atoms with van der Waals surface area (Å²) in [6, 6.07) is 55.4. The third-order valence-electron chi connectivity index (χ3n) is 19.7. The van der Waals surface area contributed by atoms with Crippen LogP contribution in [0, 0.1) is 6.92 Å². The second kappa shape index (κ2) is 41.2. The zero-order chi connectivity index (χ0) is 89.2. The highest BCUT2D eigenvalue weighted by Crippen LogP contribution is 2.30. The molecule has 125 heavy (non-hydrogen) atoms. The molecule has 0 aliphatic heterocycles. The lowest BCUT2D eigenvalue weighted by molar-refractivity contribution is 0.0702. The number of nitrogens with zero attached hydrogens (tertiary/aromatic N) is 7. The zero-order valence-corrected chi connectivity index (χ0v) is 70.0. The SMILES string of the molecule is CC(C)c1nc2cc(C(=O)CO)ccc2c(=O)[nH]1.Cc1ccc(OCCn2ccc3ccc(C(=O)CO)cc3c2=O)cc1.O=C(CO)c1ccc2c(=O)[nH]c(COc3ccc(-n4ccnc4)cc3)nc2c1.O=C(NO)c1ccc2ccn(CCCS(=O)(=O)c3ccc(Cl)cc3)c(=O)c2c1.O=C(NO)c1ccc2ccn(Cc3csc4ccc(Cl)cc34)c(=O)c2c1. The number of imidazole rings is 1. The Hall–Kier alpha value is -14.1. The number of hydrogen-bond donors (Lipinski definition) is 9. The van der Waals surface area contributed by atoms with Crippen molar-refractivity contribution in [3.8, 4) is 17.2 Å². The number of H-pyrrole nitrogens is 2. The highest BCUT2D eigenvalue weighted by molar-refractivity contribution is 7.91. The van der Waals surface area contributed by atoms with Crippen LogP contribution in [0.4, 0.5) is 0 Å². The van der Waals surface area contributed by atoms with Gasteiger partial charge in [-0.05, 0) is 197 Å². The van der Waals surface area contributed by atoms with Crippen molar-refractivity contribution in [1.82, 2.24) is 54.1 Å². The van der Waals surface area contributed by atoms with Crippen molar-refractivity contribution in [2.24, 2.45) is 0 Å². The fourth-order valence-corrected chi connectivity index (χ4v) is 15.5. The number of amides is 2. The number of aromatic amines is 2. The molecule has 0 bridgehead atoms. The van der Waals surface area contributed by atoms with Gasteiger partial charge in [0.25, 0.3) is 39.6 Å². The number of thiophene rings is 1. The number of carbonyl (C=O) groups excluding carboxylic acids is 5. The molecule has 0 radical (unpaired) electrons. The number of ketones is 3. The molecule has 34 heteroatoms. The Balaban J connectivity index is 0.000000143. The van der Waals surface area contributed by atoms with Crippen molar-refractivity contribution in [3.63, 3.8) is 0 Å². The normalized spacial score (nSPS) is 11.1. The Kier molecular flexibility index (Phi) is 29.7. The van der Waals surface area contributed by atoms with Crippen LogP contribution in [0.1, 0.15) is 101 Å². The number of aliphatic hydroxyl groups excluding tert-OH is 3. The lowest BCUT2D eigenvalue weighted by Gasteiger charge is -2.10. The number of aromatic nitrogens is 9. The van der Waals surface area contributed by atoms with Crippen molar-refractivity contribution in [2.75, 3.05) is 32.2 Å². The predicted octanol–water partition coefficient (Wildman–Crippen LogP) is 12.3. The monoisotopic (exact) mass is 1760 g/mol. The summed E-state index contributed by atoms with van der Waals surface area (Å²) >= 11 is 13.5. The van der Waals surface area contributed by atoms with Gasteiger partial charge in [-0.15, -0.1) is 11.3 Å².